The van der Waals surface area contributed by atoms with Crippen LogP contribution in [0.15, 0.2) is 45.6 Å². The van der Waals surface area contributed by atoms with Crippen molar-refractivity contribution in [2.75, 3.05) is 26.7 Å². The molecule has 3 aromatic rings. The molecule has 0 unspecified atom stereocenters. The van der Waals surface area contributed by atoms with Crippen molar-refractivity contribution in [2.24, 2.45) is 0 Å². The van der Waals surface area contributed by atoms with Gasteiger partial charge >= 0.3 is 0 Å². The lowest BCUT2D eigenvalue weighted by Gasteiger charge is -2.34. The van der Waals surface area contributed by atoms with Crippen molar-refractivity contribution >= 4 is 35.0 Å². The molecule has 0 radical (unpaired) electrons. The number of likely N-dealkylation sites (tertiary alicyclic amines) is 1. The molecule has 7 nitrogen and oxygen atoms in total. The number of aliphatic hydroxyl groups is 2. The second-order valence-electron chi connectivity index (χ2n) is 7.53. The number of rotatable bonds is 2. The highest BCUT2D eigenvalue weighted by Gasteiger charge is 2.33. The fraction of sp³-hybridized carbons (Fsp3) is 0.348. The number of fused-ring (bicyclic) bond motifs is 1. The summed E-state index contributed by atoms with van der Waals surface area (Å²) >= 11 is 6.25. The number of aliphatic hydroxyl groups excluding tert-OH is 2. The average molecular weight is 484 g/mol. The predicted octanol–water partition coefficient (Wildman–Crippen LogP) is 3.73. The first-order valence-corrected chi connectivity index (χ1v) is 10.4. The van der Waals surface area contributed by atoms with Gasteiger partial charge in [-0.25, -0.2) is 0 Å². The van der Waals surface area contributed by atoms with Crippen LogP contribution in [0.5, 0.6) is 11.5 Å². The number of benzene rings is 2. The first kappa shape index (κ1) is 26.0. The van der Waals surface area contributed by atoms with Crippen LogP contribution in [0.2, 0.25) is 5.02 Å². The first-order chi connectivity index (χ1) is 14.8. The Kier molecular flexibility index (Phi) is 8.95. The van der Waals surface area contributed by atoms with Crippen molar-refractivity contribution in [1.29, 1.82) is 0 Å². The number of nitrogens with zero attached hydrogens (tertiary/aromatic N) is 1. The van der Waals surface area contributed by atoms with Gasteiger partial charge in [0.1, 0.15) is 28.2 Å². The summed E-state index contributed by atoms with van der Waals surface area (Å²) in [6, 6.07) is 9.35. The number of phenolic OH excluding ortho intramolecular Hbond substituents is 2. The number of piperidine rings is 1. The van der Waals surface area contributed by atoms with E-state index >= 15 is 0 Å². The summed E-state index contributed by atoms with van der Waals surface area (Å²) < 4.78 is 6.00. The second-order valence-corrected chi connectivity index (χ2v) is 7.94. The van der Waals surface area contributed by atoms with Gasteiger partial charge in [-0.1, -0.05) is 23.7 Å². The van der Waals surface area contributed by atoms with Crippen LogP contribution in [-0.4, -0.2) is 58.2 Å². The summed E-state index contributed by atoms with van der Waals surface area (Å²) in [6.45, 7) is 3.08. The van der Waals surface area contributed by atoms with Crippen molar-refractivity contribution in [3.8, 4) is 22.8 Å². The SMILES string of the molecule is CCO.CN1CC[C@H](c2c(O)cc(O)c3c(=O)cc(-c4ccccc4Cl)oc23)[C@H](O)C1.Cl. The van der Waals surface area contributed by atoms with Crippen LogP contribution in [0.4, 0.5) is 0 Å². The van der Waals surface area contributed by atoms with Gasteiger partial charge < -0.3 is 29.7 Å². The number of phenols is 2. The van der Waals surface area contributed by atoms with E-state index in [1.54, 1.807) is 31.2 Å². The van der Waals surface area contributed by atoms with E-state index in [2.05, 4.69) is 0 Å². The lowest BCUT2D eigenvalue weighted by molar-refractivity contribution is 0.0630. The van der Waals surface area contributed by atoms with E-state index in [0.717, 1.165) is 12.6 Å². The van der Waals surface area contributed by atoms with Gasteiger partial charge in [-0.3, -0.25) is 4.79 Å². The van der Waals surface area contributed by atoms with Gasteiger partial charge in [-0.15, -0.1) is 12.4 Å². The maximum Gasteiger partial charge on any atom is 0.197 e. The molecule has 9 heteroatoms. The summed E-state index contributed by atoms with van der Waals surface area (Å²) in [5.74, 6) is -0.767. The molecule has 2 heterocycles. The monoisotopic (exact) mass is 483 g/mol. The van der Waals surface area contributed by atoms with Crippen LogP contribution in [0.3, 0.4) is 0 Å². The molecule has 1 aliphatic heterocycles. The Morgan fingerprint density at radius 1 is 1.19 bits per heavy atom. The second kappa shape index (κ2) is 11.0. The minimum atomic E-state index is -0.744. The number of hydrogen-bond acceptors (Lipinski definition) is 7. The molecular formula is C23H27Cl2NO6. The Morgan fingerprint density at radius 2 is 1.84 bits per heavy atom. The van der Waals surface area contributed by atoms with Crippen LogP contribution in [0.25, 0.3) is 22.3 Å². The Labute approximate surface area is 196 Å². The highest BCUT2D eigenvalue weighted by molar-refractivity contribution is 6.33. The van der Waals surface area contributed by atoms with Gasteiger partial charge in [0.05, 0.1) is 11.1 Å². The zero-order valence-electron chi connectivity index (χ0n) is 17.8. The van der Waals surface area contributed by atoms with E-state index in [0.29, 0.717) is 29.1 Å². The normalized spacial score (nSPS) is 18.5. The van der Waals surface area contributed by atoms with Gasteiger partial charge in [-0.2, -0.15) is 0 Å². The van der Waals surface area contributed by atoms with Gasteiger partial charge in [0.15, 0.2) is 5.43 Å². The minimum Gasteiger partial charge on any atom is -0.507 e. The maximum atomic E-state index is 12.8. The summed E-state index contributed by atoms with van der Waals surface area (Å²) in [5.41, 5.74) is 0.492. The Bertz CT molecular complexity index is 1130. The largest absolute Gasteiger partial charge is 0.507 e. The van der Waals surface area contributed by atoms with Crippen LogP contribution >= 0.6 is 24.0 Å². The van der Waals surface area contributed by atoms with Crippen molar-refractivity contribution in [2.45, 2.75) is 25.4 Å². The maximum absolute atomic E-state index is 12.8. The van der Waals surface area contributed by atoms with Gasteiger partial charge in [0.2, 0.25) is 0 Å². The Hall–Kier alpha value is -2.29. The van der Waals surface area contributed by atoms with E-state index in [1.807, 2.05) is 11.9 Å². The van der Waals surface area contributed by atoms with Gasteiger partial charge in [0.25, 0.3) is 0 Å². The van der Waals surface area contributed by atoms with Crippen molar-refractivity contribution in [1.82, 2.24) is 4.90 Å². The molecule has 2 aromatic carbocycles. The molecule has 1 saturated heterocycles. The van der Waals surface area contributed by atoms with E-state index in [4.69, 9.17) is 21.1 Å². The molecule has 0 amide bonds. The third-order valence-electron chi connectivity index (χ3n) is 5.29. The molecule has 0 aliphatic carbocycles. The van der Waals surface area contributed by atoms with Crippen molar-refractivity contribution < 1.29 is 24.8 Å². The quantitative estimate of drug-likeness (QED) is 0.438. The standard InChI is InChI=1S/C21H20ClNO5.C2H6O.ClH/c1-23-7-6-12(17(27)10-23)19-14(24)8-15(25)20-16(26)9-18(28-21(19)20)11-4-2-3-5-13(11)22;1-2-3;/h2-5,8-9,12,17,24-25,27H,6-7,10H2,1H3;3H,2H2,1H3;1H/t12-,17+;;/m0../s1. The van der Waals surface area contributed by atoms with Crippen LogP contribution < -0.4 is 5.43 Å². The Balaban J connectivity index is 0.000000860. The fourth-order valence-corrected chi connectivity index (χ4v) is 4.13. The van der Waals surface area contributed by atoms with E-state index in [9.17, 15) is 20.1 Å². The summed E-state index contributed by atoms with van der Waals surface area (Å²) in [5, 5.41) is 39.4. The number of likely N-dealkylation sites (N-methyl/N-ethyl adjacent to an activating group) is 1. The van der Waals surface area contributed by atoms with Crippen molar-refractivity contribution in [3.63, 3.8) is 0 Å². The molecule has 1 aliphatic rings. The van der Waals surface area contributed by atoms with Crippen LogP contribution in [0.1, 0.15) is 24.8 Å². The number of hydrogen-bond donors (Lipinski definition) is 4. The average Bonchev–Trinajstić information content (AvgIpc) is 2.69. The minimum absolute atomic E-state index is 0. The molecule has 0 spiro atoms. The molecule has 32 heavy (non-hydrogen) atoms. The molecule has 1 fully saturated rings. The van der Waals surface area contributed by atoms with E-state index in [1.165, 1.54) is 6.07 Å². The van der Waals surface area contributed by atoms with E-state index in [-0.39, 0.29) is 47.2 Å². The number of halogens is 2. The molecule has 1 aromatic heterocycles. The number of β-amino-alcohol motifs (C(OH)–C–C–N with tert-alkyl or cyclic N) is 1. The topological polar surface area (TPSA) is 114 Å². The molecule has 0 saturated carbocycles. The summed E-state index contributed by atoms with van der Waals surface area (Å²) in [4.78, 5) is 14.8. The zero-order valence-corrected chi connectivity index (χ0v) is 19.4. The predicted molar refractivity (Wildman–Crippen MR) is 127 cm³/mol. The molecular weight excluding hydrogens is 457 g/mol. The van der Waals surface area contributed by atoms with Crippen molar-refractivity contribution in [3.05, 3.63) is 57.2 Å². The van der Waals surface area contributed by atoms with Gasteiger partial charge in [-0.05, 0) is 39.1 Å². The molecule has 0 bridgehead atoms. The van der Waals surface area contributed by atoms with Crippen LogP contribution in [0, 0.1) is 0 Å². The molecule has 4 rings (SSSR count). The smallest absolute Gasteiger partial charge is 0.197 e. The zero-order chi connectivity index (χ0) is 22.7. The first-order valence-electron chi connectivity index (χ1n) is 10.0. The molecule has 4 N–H and O–H groups in total. The Morgan fingerprint density at radius 3 is 2.47 bits per heavy atom. The highest BCUT2D eigenvalue weighted by Crippen LogP contribution is 2.42. The highest BCUT2D eigenvalue weighted by atomic mass is 35.5. The van der Waals surface area contributed by atoms with Gasteiger partial charge in [0, 0.05) is 42.3 Å². The number of aromatic hydroxyl groups is 2. The lowest BCUT2D eigenvalue weighted by atomic mass is 9.85. The van der Waals surface area contributed by atoms with E-state index < -0.39 is 17.5 Å². The summed E-state index contributed by atoms with van der Waals surface area (Å²) in [6.07, 6.45) is -0.169. The third kappa shape index (κ3) is 5.19. The fourth-order valence-electron chi connectivity index (χ4n) is 3.90. The van der Waals surface area contributed by atoms with Crippen LogP contribution in [-0.2, 0) is 0 Å². The third-order valence-corrected chi connectivity index (χ3v) is 5.62. The molecule has 174 valence electrons. The lowest BCUT2D eigenvalue weighted by Crippen LogP contribution is -2.40. The molecule has 2 atom stereocenters. The summed E-state index contributed by atoms with van der Waals surface area (Å²) in [7, 11) is 1.91.